The molecule has 0 spiro atoms. The minimum atomic E-state index is -4.53. The van der Waals surface area contributed by atoms with Crippen molar-refractivity contribution in [3.8, 4) is 0 Å². The predicted octanol–water partition coefficient (Wildman–Crippen LogP) is 0.0539. The van der Waals surface area contributed by atoms with E-state index in [2.05, 4.69) is 15.6 Å². The molecule has 152 valence electrons. The lowest BCUT2D eigenvalue weighted by molar-refractivity contribution is -0.327. The molecule has 3 rings (SSSR count). The Bertz CT molecular complexity index is 601. The van der Waals surface area contributed by atoms with Gasteiger partial charge in [0.05, 0.1) is 12.6 Å². The monoisotopic (exact) mass is 392 g/mol. The summed E-state index contributed by atoms with van der Waals surface area (Å²) in [6.07, 6.45) is -0.954. The highest BCUT2D eigenvalue weighted by Crippen LogP contribution is 2.33. The van der Waals surface area contributed by atoms with Gasteiger partial charge in [0.2, 0.25) is 0 Å². The second-order valence-electron chi connectivity index (χ2n) is 6.85. The zero-order chi connectivity index (χ0) is 19.6. The maximum absolute atomic E-state index is 13.3. The van der Waals surface area contributed by atoms with E-state index in [0.717, 1.165) is 30.7 Å². The number of nitrogens with one attached hydrogen (secondary N) is 2. The van der Waals surface area contributed by atoms with Gasteiger partial charge in [-0.25, -0.2) is 15.1 Å². The minimum Gasteiger partial charge on any atom is -0.475 e. The number of hydrogen-bond acceptors (Lipinski definition) is 6. The lowest BCUT2D eigenvalue weighted by Gasteiger charge is -2.29. The van der Waals surface area contributed by atoms with Gasteiger partial charge in [0, 0.05) is 12.6 Å². The van der Waals surface area contributed by atoms with Gasteiger partial charge >= 0.3 is 18.1 Å². The van der Waals surface area contributed by atoms with Crippen LogP contribution in [0.5, 0.6) is 0 Å². The summed E-state index contributed by atoms with van der Waals surface area (Å²) in [5.74, 6) is -3.05. The number of amides is 3. The van der Waals surface area contributed by atoms with E-state index < -0.39 is 36.1 Å². The summed E-state index contributed by atoms with van der Waals surface area (Å²) in [4.78, 5) is 45.6. The first kappa shape index (κ1) is 19.7. The van der Waals surface area contributed by atoms with Gasteiger partial charge in [-0.3, -0.25) is 9.63 Å². The topological polar surface area (TPSA) is 120 Å². The second kappa shape index (κ2) is 7.90. The lowest BCUT2D eigenvalue weighted by atomic mass is 10.0. The molecule has 3 N–H and O–H groups in total. The molecular formula is C15H22F2N4O6. The van der Waals surface area contributed by atoms with E-state index in [-0.39, 0.29) is 32.0 Å². The molecule has 27 heavy (non-hydrogen) atoms. The Labute approximate surface area is 153 Å². The van der Waals surface area contributed by atoms with E-state index in [1.807, 2.05) is 0 Å². The van der Waals surface area contributed by atoms with E-state index in [1.54, 1.807) is 0 Å². The lowest BCUT2D eigenvalue weighted by Crippen LogP contribution is -2.50. The molecule has 2 bridgehead atoms. The van der Waals surface area contributed by atoms with Crippen LogP contribution in [-0.2, 0) is 19.3 Å². The number of hydroxylamine groups is 3. The molecule has 10 nitrogen and oxygen atoms in total. The number of halogens is 2. The van der Waals surface area contributed by atoms with Crippen molar-refractivity contribution in [2.24, 2.45) is 0 Å². The van der Waals surface area contributed by atoms with Crippen molar-refractivity contribution in [1.29, 1.82) is 0 Å². The summed E-state index contributed by atoms with van der Waals surface area (Å²) in [7, 11) is 0. The van der Waals surface area contributed by atoms with Crippen LogP contribution in [-0.4, -0.2) is 76.9 Å². The molecule has 0 aromatic carbocycles. The number of rotatable bonds is 7. The highest BCUT2D eigenvalue weighted by atomic mass is 19.3. The summed E-state index contributed by atoms with van der Waals surface area (Å²) in [5, 5.41) is 12.1. The first-order chi connectivity index (χ1) is 12.8. The number of fused-ring (bicyclic) bond motifs is 2. The maximum Gasteiger partial charge on any atom is 0.476 e. The van der Waals surface area contributed by atoms with Gasteiger partial charge in [0.1, 0.15) is 6.04 Å². The van der Waals surface area contributed by atoms with Crippen LogP contribution >= 0.6 is 0 Å². The predicted molar refractivity (Wildman–Crippen MR) is 84.2 cm³/mol. The Kier molecular flexibility index (Phi) is 5.77. The Morgan fingerprint density at radius 2 is 2.07 bits per heavy atom. The van der Waals surface area contributed by atoms with Gasteiger partial charge in [-0.2, -0.15) is 18.7 Å². The molecule has 3 saturated heterocycles. The fourth-order valence-corrected chi connectivity index (χ4v) is 3.53. The molecule has 3 aliphatic rings. The molecule has 12 heteroatoms. The third kappa shape index (κ3) is 4.28. The van der Waals surface area contributed by atoms with Crippen molar-refractivity contribution in [3.05, 3.63) is 0 Å². The molecule has 0 aromatic rings. The van der Waals surface area contributed by atoms with Crippen LogP contribution in [0.3, 0.4) is 0 Å². The van der Waals surface area contributed by atoms with Crippen molar-refractivity contribution >= 4 is 17.9 Å². The molecule has 0 unspecified atom stereocenters. The molecular weight excluding hydrogens is 370 g/mol. The van der Waals surface area contributed by atoms with Crippen LogP contribution in [0.2, 0.25) is 0 Å². The van der Waals surface area contributed by atoms with E-state index >= 15 is 0 Å². The smallest absolute Gasteiger partial charge is 0.475 e. The van der Waals surface area contributed by atoms with Crippen molar-refractivity contribution in [2.75, 3.05) is 19.7 Å². The molecule has 3 atom stereocenters. The summed E-state index contributed by atoms with van der Waals surface area (Å²) < 4.78 is 26.6. The Hall–Kier alpha value is -2.05. The van der Waals surface area contributed by atoms with Gasteiger partial charge in [0.15, 0.2) is 0 Å². The Balaban J connectivity index is 1.52. The Morgan fingerprint density at radius 1 is 1.30 bits per heavy atom. The van der Waals surface area contributed by atoms with Crippen LogP contribution in [0.1, 0.15) is 32.1 Å². The molecule has 3 aliphatic heterocycles. The van der Waals surface area contributed by atoms with E-state index in [1.165, 1.54) is 0 Å². The number of piperidine rings is 2. The Morgan fingerprint density at radius 3 is 2.74 bits per heavy atom. The van der Waals surface area contributed by atoms with Crippen LogP contribution in [0.25, 0.3) is 0 Å². The molecule has 3 fully saturated rings. The first-order valence-electron chi connectivity index (χ1n) is 8.85. The van der Waals surface area contributed by atoms with E-state index in [0.29, 0.717) is 5.06 Å². The summed E-state index contributed by atoms with van der Waals surface area (Å²) in [5.41, 5.74) is 2.31. The minimum absolute atomic E-state index is 0.00317. The largest absolute Gasteiger partial charge is 0.476 e. The molecule has 0 saturated carbocycles. The van der Waals surface area contributed by atoms with Crippen LogP contribution in [0.4, 0.5) is 13.6 Å². The van der Waals surface area contributed by atoms with Gasteiger partial charge in [0.25, 0.3) is 5.91 Å². The van der Waals surface area contributed by atoms with Crippen molar-refractivity contribution in [2.45, 2.75) is 56.3 Å². The molecule has 0 aromatic heterocycles. The normalized spacial score (nSPS) is 28.4. The number of urea groups is 1. The molecule has 0 aliphatic carbocycles. The summed E-state index contributed by atoms with van der Waals surface area (Å²) >= 11 is 0. The van der Waals surface area contributed by atoms with Gasteiger partial charge in [-0.1, -0.05) is 6.42 Å². The number of carbonyl (C=O) groups is 3. The molecule has 3 amide bonds. The number of carboxylic acids is 1. The fraction of sp³-hybridized carbons (Fsp3) is 0.800. The van der Waals surface area contributed by atoms with Gasteiger partial charge in [-0.15, -0.1) is 0 Å². The van der Waals surface area contributed by atoms with E-state index in [4.69, 9.17) is 9.94 Å². The van der Waals surface area contributed by atoms with Gasteiger partial charge < -0.3 is 15.3 Å². The van der Waals surface area contributed by atoms with Crippen molar-refractivity contribution in [1.82, 2.24) is 20.8 Å². The van der Waals surface area contributed by atoms with Crippen molar-refractivity contribution < 1.29 is 37.9 Å². The average molecular weight is 392 g/mol. The number of carboxylic acid groups (broad SMARTS) is 1. The number of aliphatic carboxylic acids is 1. The zero-order valence-electron chi connectivity index (χ0n) is 14.5. The number of hydrogen-bond donors (Lipinski definition) is 3. The van der Waals surface area contributed by atoms with Crippen LogP contribution in [0.15, 0.2) is 0 Å². The van der Waals surface area contributed by atoms with Crippen LogP contribution < -0.4 is 10.8 Å². The SMILES string of the molecule is O=C(NOC[C@H]1CCCCN1)[C@@H]1CC[C@@H]2CN1C(=O)N2OC(F)(F)C(=O)O. The first-order valence-corrected chi connectivity index (χ1v) is 8.85. The highest BCUT2D eigenvalue weighted by Gasteiger charge is 2.53. The maximum atomic E-state index is 13.3. The number of nitrogens with zero attached hydrogens (tertiary/aromatic N) is 2. The number of alkyl halides is 2. The summed E-state index contributed by atoms with van der Waals surface area (Å²) in [6, 6.07) is -2.45. The average Bonchev–Trinajstić information content (AvgIpc) is 2.87. The molecule has 0 radical (unpaired) electrons. The fourth-order valence-electron chi connectivity index (χ4n) is 3.53. The van der Waals surface area contributed by atoms with Gasteiger partial charge in [-0.05, 0) is 32.2 Å². The highest BCUT2D eigenvalue weighted by molar-refractivity contribution is 5.88. The third-order valence-electron chi connectivity index (χ3n) is 4.96. The summed E-state index contributed by atoms with van der Waals surface area (Å²) in [6.45, 7) is 1.18. The zero-order valence-corrected chi connectivity index (χ0v) is 14.5. The van der Waals surface area contributed by atoms with Crippen molar-refractivity contribution in [3.63, 3.8) is 0 Å². The quantitative estimate of drug-likeness (QED) is 0.524. The second-order valence-corrected chi connectivity index (χ2v) is 6.85. The standard InChI is InChI=1S/C15H22F2N4O6/c16-15(17,13(23)24)27-21-10-4-5-11(20(7-10)14(21)25)12(22)19-26-8-9-3-1-2-6-18-9/h9-11,18H,1-8H2,(H,19,22)(H,23,24)/t9-,10-,11+/m1/s1. The van der Waals surface area contributed by atoms with Crippen LogP contribution in [0, 0.1) is 0 Å². The molecule has 3 heterocycles. The van der Waals surface area contributed by atoms with E-state index in [9.17, 15) is 23.2 Å². The third-order valence-corrected chi connectivity index (χ3v) is 4.96. The number of carbonyl (C=O) groups excluding carboxylic acids is 2.